The predicted octanol–water partition coefficient (Wildman–Crippen LogP) is 0.610. The molecule has 1 fully saturated rings. The molecule has 3 rings (SSSR count). The molecule has 0 spiro atoms. The fourth-order valence-electron chi connectivity index (χ4n) is 2.77. The number of amides is 3. The molecule has 2 aromatic rings. The average molecular weight is 377 g/mol. The van der Waals surface area contributed by atoms with Gasteiger partial charge in [0, 0.05) is 32.1 Å². The molecule has 9 nitrogen and oxygen atoms in total. The highest BCUT2D eigenvalue weighted by Crippen LogP contribution is 2.16. The lowest BCUT2D eigenvalue weighted by molar-refractivity contribution is -0.129. The van der Waals surface area contributed by atoms with Crippen LogP contribution in [0.3, 0.4) is 0 Å². The maximum atomic E-state index is 13.0. The zero-order valence-electron chi connectivity index (χ0n) is 14.8. The Morgan fingerprint density at radius 3 is 2.63 bits per heavy atom. The molecule has 1 aromatic carbocycles. The summed E-state index contributed by atoms with van der Waals surface area (Å²) in [5, 5.41) is 16.4. The minimum absolute atomic E-state index is 0.00997. The van der Waals surface area contributed by atoms with Gasteiger partial charge in [-0.25, -0.2) is 9.18 Å². The van der Waals surface area contributed by atoms with Gasteiger partial charge in [0.2, 0.25) is 17.6 Å². The van der Waals surface area contributed by atoms with E-state index in [2.05, 4.69) is 15.5 Å². The molecule has 2 N–H and O–H groups in total. The molecule has 0 aliphatic carbocycles. The molecular formula is C17H20FN5O4. The Labute approximate surface area is 154 Å². The van der Waals surface area contributed by atoms with Crippen LogP contribution in [0.5, 0.6) is 0 Å². The number of aromatic nitrogens is 2. The van der Waals surface area contributed by atoms with Crippen LogP contribution in [0.15, 0.2) is 28.8 Å². The predicted molar refractivity (Wildman–Crippen MR) is 91.8 cm³/mol. The number of hydrogen-bond acceptors (Lipinski definition) is 6. The first-order chi connectivity index (χ1) is 12.9. The number of benzene rings is 1. The van der Waals surface area contributed by atoms with Crippen molar-refractivity contribution in [2.45, 2.75) is 19.6 Å². The van der Waals surface area contributed by atoms with Crippen LogP contribution in [-0.2, 0) is 11.3 Å². The molecule has 1 saturated heterocycles. The van der Waals surface area contributed by atoms with Crippen LogP contribution in [0.1, 0.15) is 12.8 Å². The third kappa shape index (κ3) is 4.79. The highest BCUT2D eigenvalue weighted by molar-refractivity contribution is 5.75. The van der Waals surface area contributed by atoms with Crippen molar-refractivity contribution < 1.29 is 23.6 Å². The van der Waals surface area contributed by atoms with E-state index in [0.29, 0.717) is 24.5 Å². The average Bonchev–Trinajstić information content (AvgIpc) is 3.01. The summed E-state index contributed by atoms with van der Waals surface area (Å²) in [6.45, 7) is 2.43. The summed E-state index contributed by atoms with van der Waals surface area (Å²) in [5.74, 6) is -0.0156. The van der Waals surface area contributed by atoms with Crippen LogP contribution >= 0.6 is 0 Å². The molecule has 0 unspecified atom stereocenters. The standard InChI is InChI=1S/C17H20FN5O4/c1-11(24)22-6-7-23(10-14(25)9-22)17(26)19-8-15-20-16(21-27-15)12-2-4-13(18)5-3-12/h2-5,14,25H,6-10H2,1H3,(H,19,26)/t14-/m0/s1. The maximum Gasteiger partial charge on any atom is 0.317 e. The zero-order chi connectivity index (χ0) is 19.4. The van der Waals surface area contributed by atoms with E-state index in [4.69, 9.17) is 4.52 Å². The largest absolute Gasteiger partial charge is 0.389 e. The molecule has 0 saturated carbocycles. The second-order valence-electron chi connectivity index (χ2n) is 6.24. The summed E-state index contributed by atoms with van der Waals surface area (Å²) >= 11 is 0. The molecule has 0 bridgehead atoms. The van der Waals surface area contributed by atoms with Gasteiger partial charge in [0.1, 0.15) is 5.82 Å². The van der Waals surface area contributed by atoms with Crippen molar-refractivity contribution >= 4 is 11.9 Å². The minimum atomic E-state index is -0.810. The molecule has 3 amide bonds. The summed E-state index contributed by atoms with van der Waals surface area (Å²) in [6.07, 6.45) is -0.810. The number of aliphatic hydroxyl groups is 1. The van der Waals surface area contributed by atoms with E-state index in [0.717, 1.165) is 0 Å². The lowest BCUT2D eigenvalue weighted by Gasteiger charge is -2.21. The highest BCUT2D eigenvalue weighted by Gasteiger charge is 2.25. The number of rotatable bonds is 3. The van der Waals surface area contributed by atoms with Crippen LogP contribution in [0.4, 0.5) is 9.18 Å². The molecule has 144 valence electrons. The quantitative estimate of drug-likeness (QED) is 0.811. The van der Waals surface area contributed by atoms with Crippen molar-refractivity contribution in [3.63, 3.8) is 0 Å². The Kier molecular flexibility index (Phi) is 5.65. The summed E-state index contributed by atoms with van der Waals surface area (Å²) in [4.78, 5) is 30.9. The Balaban J connectivity index is 1.56. The fraction of sp³-hybridized carbons (Fsp3) is 0.412. The third-order valence-corrected chi connectivity index (χ3v) is 4.20. The van der Waals surface area contributed by atoms with Gasteiger partial charge in [0.05, 0.1) is 19.2 Å². The van der Waals surface area contributed by atoms with E-state index in [1.807, 2.05) is 0 Å². The topological polar surface area (TPSA) is 112 Å². The monoisotopic (exact) mass is 377 g/mol. The van der Waals surface area contributed by atoms with Gasteiger partial charge >= 0.3 is 6.03 Å². The van der Waals surface area contributed by atoms with E-state index in [1.165, 1.54) is 41.0 Å². The third-order valence-electron chi connectivity index (χ3n) is 4.20. The molecule has 1 aromatic heterocycles. The van der Waals surface area contributed by atoms with E-state index < -0.39 is 12.1 Å². The van der Waals surface area contributed by atoms with Gasteiger partial charge in [-0.3, -0.25) is 4.79 Å². The van der Waals surface area contributed by atoms with E-state index >= 15 is 0 Å². The van der Waals surface area contributed by atoms with Crippen molar-refractivity contribution in [1.29, 1.82) is 0 Å². The van der Waals surface area contributed by atoms with E-state index in [9.17, 15) is 19.1 Å². The van der Waals surface area contributed by atoms with Crippen LogP contribution in [0.25, 0.3) is 11.4 Å². The number of nitrogens with zero attached hydrogens (tertiary/aromatic N) is 4. The number of halogens is 1. The summed E-state index contributed by atoms with van der Waals surface area (Å²) in [7, 11) is 0. The number of carbonyl (C=O) groups excluding carboxylic acids is 2. The molecule has 1 atom stereocenters. The van der Waals surface area contributed by atoms with Crippen LogP contribution in [0.2, 0.25) is 0 Å². The number of nitrogens with one attached hydrogen (secondary N) is 1. The Morgan fingerprint density at radius 2 is 1.93 bits per heavy atom. The molecule has 10 heteroatoms. The number of hydrogen-bond donors (Lipinski definition) is 2. The minimum Gasteiger partial charge on any atom is -0.389 e. The molecule has 0 radical (unpaired) electrons. The first kappa shape index (κ1) is 18.8. The van der Waals surface area contributed by atoms with Gasteiger partial charge in [-0.05, 0) is 24.3 Å². The molecule has 1 aliphatic heterocycles. The van der Waals surface area contributed by atoms with Crippen LogP contribution in [-0.4, -0.2) is 69.3 Å². The number of carbonyl (C=O) groups is 2. The fourth-order valence-corrected chi connectivity index (χ4v) is 2.77. The number of aliphatic hydroxyl groups excluding tert-OH is 1. The summed E-state index contributed by atoms with van der Waals surface area (Å²) in [6, 6.07) is 5.25. The second-order valence-corrected chi connectivity index (χ2v) is 6.24. The SMILES string of the molecule is CC(=O)N1CCN(C(=O)NCc2nc(-c3ccc(F)cc3)no2)C[C@@H](O)C1. The highest BCUT2D eigenvalue weighted by atomic mass is 19.1. The zero-order valence-corrected chi connectivity index (χ0v) is 14.8. The van der Waals surface area contributed by atoms with E-state index in [1.54, 1.807) is 0 Å². The van der Waals surface area contributed by atoms with Gasteiger partial charge in [0.25, 0.3) is 0 Å². The van der Waals surface area contributed by atoms with Crippen molar-refractivity contribution in [1.82, 2.24) is 25.3 Å². The molecule has 27 heavy (non-hydrogen) atoms. The van der Waals surface area contributed by atoms with Crippen molar-refractivity contribution in [2.75, 3.05) is 26.2 Å². The molecule has 2 heterocycles. The Bertz CT molecular complexity index is 810. The first-order valence-corrected chi connectivity index (χ1v) is 8.47. The van der Waals surface area contributed by atoms with Crippen molar-refractivity contribution in [2.24, 2.45) is 0 Å². The number of β-amino-alcohol motifs (C(OH)–C–C–N with tert-alkyl or cyclic N) is 1. The Morgan fingerprint density at radius 1 is 1.26 bits per heavy atom. The first-order valence-electron chi connectivity index (χ1n) is 8.47. The normalized spacial score (nSPS) is 17.5. The van der Waals surface area contributed by atoms with Gasteiger partial charge < -0.3 is 24.7 Å². The Hall–Kier alpha value is -3.01. The van der Waals surface area contributed by atoms with Gasteiger partial charge in [0.15, 0.2) is 0 Å². The summed E-state index contributed by atoms with van der Waals surface area (Å²) < 4.78 is 18.1. The summed E-state index contributed by atoms with van der Waals surface area (Å²) in [5.41, 5.74) is 0.595. The van der Waals surface area contributed by atoms with Gasteiger partial charge in [-0.1, -0.05) is 5.16 Å². The van der Waals surface area contributed by atoms with Crippen molar-refractivity contribution in [3.05, 3.63) is 36.0 Å². The van der Waals surface area contributed by atoms with Gasteiger partial charge in [-0.2, -0.15) is 4.98 Å². The smallest absolute Gasteiger partial charge is 0.317 e. The van der Waals surface area contributed by atoms with Crippen LogP contribution < -0.4 is 5.32 Å². The second kappa shape index (κ2) is 8.12. The van der Waals surface area contributed by atoms with Crippen LogP contribution in [0, 0.1) is 5.82 Å². The number of urea groups is 1. The maximum absolute atomic E-state index is 13.0. The molecule has 1 aliphatic rings. The lowest BCUT2D eigenvalue weighted by atomic mass is 10.2. The van der Waals surface area contributed by atoms with Crippen molar-refractivity contribution in [3.8, 4) is 11.4 Å². The van der Waals surface area contributed by atoms with E-state index in [-0.39, 0.29) is 37.2 Å². The lowest BCUT2D eigenvalue weighted by Crippen LogP contribution is -2.43. The molecular weight excluding hydrogens is 357 g/mol. The van der Waals surface area contributed by atoms with Gasteiger partial charge in [-0.15, -0.1) is 0 Å².